The van der Waals surface area contributed by atoms with Crippen molar-refractivity contribution < 1.29 is 14.3 Å². The van der Waals surface area contributed by atoms with Crippen molar-refractivity contribution in [1.29, 1.82) is 0 Å². The average molecular weight is 329 g/mol. The zero-order valence-electron chi connectivity index (χ0n) is 11.9. The summed E-state index contributed by atoms with van der Waals surface area (Å²) in [5, 5.41) is 0. The van der Waals surface area contributed by atoms with E-state index in [1.165, 1.54) is 0 Å². The molecule has 0 radical (unpaired) electrons. The van der Waals surface area contributed by atoms with Crippen LogP contribution in [0.3, 0.4) is 0 Å². The predicted octanol–water partition coefficient (Wildman–Crippen LogP) is 4.09. The lowest BCUT2D eigenvalue weighted by molar-refractivity contribution is 0.0445. The molecule has 0 fully saturated rings. The minimum Gasteiger partial charge on any atom is -0.496 e. The molecule has 1 atom stereocenters. The van der Waals surface area contributed by atoms with E-state index in [0.717, 1.165) is 10.9 Å². The van der Waals surface area contributed by atoms with Crippen LogP contribution >= 0.6 is 15.9 Å². The maximum Gasteiger partial charge on any atom is 0.188 e. The highest BCUT2D eigenvalue weighted by atomic mass is 79.9. The molecule has 0 bridgehead atoms. The Kier molecular flexibility index (Phi) is 6.52. The Morgan fingerprint density at radius 1 is 1.32 bits per heavy atom. The third kappa shape index (κ3) is 5.33. The Bertz CT molecular complexity index is 429. The van der Waals surface area contributed by atoms with Crippen LogP contribution in [0.25, 0.3) is 0 Å². The minimum atomic E-state index is -0.0149. The van der Waals surface area contributed by atoms with Gasteiger partial charge >= 0.3 is 0 Å². The molecule has 0 amide bonds. The molecule has 0 aliphatic rings. The molecule has 1 aromatic carbocycles. The summed E-state index contributed by atoms with van der Waals surface area (Å²) in [6.45, 7) is 6.40. The van der Waals surface area contributed by atoms with Crippen molar-refractivity contribution in [1.82, 2.24) is 0 Å². The molecule has 0 aliphatic carbocycles. The molecule has 1 rings (SSSR count). The van der Waals surface area contributed by atoms with Crippen molar-refractivity contribution in [2.24, 2.45) is 5.92 Å². The van der Waals surface area contributed by atoms with Gasteiger partial charge in [0.15, 0.2) is 5.78 Å². The van der Waals surface area contributed by atoms with Crippen LogP contribution in [0.5, 0.6) is 5.75 Å². The minimum absolute atomic E-state index is 0.0149. The number of hydrogen-bond acceptors (Lipinski definition) is 3. The molecule has 0 N–H and O–H groups in total. The Hall–Kier alpha value is -0.870. The quantitative estimate of drug-likeness (QED) is 0.707. The fourth-order valence-electron chi connectivity index (χ4n) is 1.87. The van der Waals surface area contributed by atoms with E-state index in [-0.39, 0.29) is 18.5 Å². The first-order valence-electron chi connectivity index (χ1n) is 6.42. The Labute approximate surface area is 123 Å². The normalized spacial score (nSPS) is 12.5. The van der Waals surface area contributed by atoms with E-state index in [0.29, 0.717) is 17.2 Å². The first kappa shape index (κ1) is 16.2. The van der Waals surface area contributed by atoms with Crippen molar-refractivity contribution >= 4 is 21.7 Å². The number of ketones is 1. The van der Waals surface area contributed by atoms with Gasteiger partial charge in [0.2, 0.25) is 0 Å². The van der Waals surface area contributed by atoms with Gasteiger partial charge in [-0.3, -0.25) is 4.79 Å². The van der Waals surface area contributed by atoms with Crippen molar-refractivity contribution in [2.45, 2.75) is 33.3 Å². The smallest absolute Gasteiger partial charge is 0.188 e. The summed E-state index contributed by atoms with van der Waals surface area (Å²) in [7, 11) is 1.60. The highest BCUT2D eigenvalue weighted by Crippen LogP contribution is 2.25. The van der Waals surface area contributed by atoms with Gasteiger partial charge < -0.3 is 9.47 Å². The molecule has 0 aliphatic heterocycles. The van der Waals surface area contributed by atoms with Crippen LogP contribution in [0, 0.1) is 5.92 Å². The SMILES string of the molecule is COc1ccc(C(=O)COC(C)CC(C)C)cc1Br. The number of ether oxygens (including phenoxy) is 2. The second-order valence-corrected chi connectivity index (χ2v) is 5.88. The van der Waals surface area contributed by atoms with Gasteiger partial charge in [-0.1, -0.05) is 13.8 Å². The average Bonchev–Trinajstić information content (AvgIpc) is 2.35. The van der Waals surface area contributed by atoms with Gasteiger partial charge in [0.05, 0.1) is 17.7 Å². The molecule has 1 unspecified atom stereocenters. The highest BCUT2D eigenvalue weighted by molar-refractivity contribution is 9.10. The third-order valence-electron chi connectivity index (χ3n) is 2.78. The number of benzene rings is 1. The number of carbonyl (C=O) groups is 1. The van der Waals surface area contributed by atoms with Crippen LogP contribution in [-0.2, 0) is 4.74 Å². The highest BCUT2D eigenvalue weighted by Gasteiger charge is 2.12. The summed E-state index contributed by atoms with van der Waals surface area (Å²) in [6.07, 6.45) is 1.06. The van der Waals surface area contributed by atoms with E-state index in [1.807, 2.05) is 6.92 Å². The summed E-state index contributed by atoms with van der Waals surface area (Å²) in [4.78, 5) is 12.0. The molecule has 1 aromatic rings. The summed E-state index contributed by atoms with van der Waals surface area (Å²) >= 11 is 3.37. The second-order valence-electron chi connectivity index (χ2n) is 5.02. The molecular formula is C15H21BrO3. The third-order valence-corrected chi connectivity index (χ3v) is 3.40. The van der Waals surface area contributed by atoms with Crippen LogP contribution in [0.4, 0.5) is 0 Å². The number of carbonyl (C=O) groups excluding carboxylic acids is 1. The largest absolute Gasteiger partial charge is 0.496 e. The van der Waals surface area contributed by atoms with Gasteiger partial charge in [-0.05, 0) is 53.4 Å². The zero-order chi connectivity index (χ0) is 14.4. The Morgan fingerprint density at radius 3 is 2.53 bits per heavy atom. The summed E-state index contributed by atoms with van der Waals surface area (Å²) < 4.78 is 11.5. The topological polar surface area (TPSA) is 35.5 Å². The van der Waals surface area contributed by atoms with E-state index in [9.17, 15) is 4.79 Å². The summed E-state index contributed by atoms with van der Waals surface area (Å²) in [5.41, 5.74) is 0.629. The number of Topliss-reactive ketones (excluding diaryl/α,β-unsaturated/α-hetero) is 1. The second kappa shape index (κ2) is 7.65. The summed E-state index contributed by atoms with van der Waals surface area (Å²) in [6, 6.07) is 5.29. The molecule has 0 spiro atoms. The van der Waals surface area contributed by atoms with Crippen LogP contribution in [0.2, 0.25) is 0 Å². The van der Waals surface area contributed by atoms with E-state index >= 15 is 0 Å². The van der Waals surface area contributed by atoms with Gasteiger partial charge in [0, 0.05) is 5.56 Å². The van der Waals surface area contributed by atoms with E-state index in [4.69, 9.17) is 9.47 Å². The molecule has 3 nitrogen and oxygen atoms in total. The lowest BCUT2D eigenvalue weighted by Crippen LogP contribution is -2.17. The van der Waals surface area contributed by atoms with Gasteiger partial charge in [-0.15, -0.1) is 0 Å². The van der Waals surface area contributed by atoms with E-state index < -0.39 is 0 Å². The van der Waals surface area contributed by atoms with Crippen LogP contribution < -0.4 is 4.74 Å². The molecule has 106 valence electrons. The van der Waals surface area contributed by atoms with Crippen molar-refractivity contribution in [3.05, 3.63) is 28.2 Å². The van der Waals surface area contributed by atoms with Crippen molar-refractivity contribution in [2.75, 3.05) is 13.7 Å². The maximum absolute atomic E-state index is 12.0. The standard InChI is InChI=1S/C15H21BrO3/c1-10(2)7-11(3)19-9-14(17)12-5-6-15(18-4)13(16)8-12/h5-6,8,10-11H,7,9H2,1-4H3. The predicted molar refractivity (Wildman–Crippen MR) is 79.9 cm³/mol. The van der Waals surface area contributed by atoms with Crippen LogP contribution in [-0.4, -0.2) is 25.6 Å². The Morgan fingerprint density at radius 2 is 2.00 bits per heavy atom. The van der Waals surface area contributed by atoms with Crippen molar-refractivity contribution in [3.63, 3.8) is 0 Å². The van der Waals surface area contributed by atoms with Gasteiger partial charge in [0.1, 0.15) is 12.4 Å². The molecule has 0 saturated carbocycles. The first-order chi connectivity index (χ1) is 8.93. The first-order valence-corrected chi connectivity index (χ1v) is 7.21. The number of hydrogen-bond donors (Lipinski definition) is 0. The van der Waals surface area contributed by atoms with Gasteiger partial charge in [0.25, 0.3) is 0 Å². The van der Waals surface area contributed by atoms with Gasteiger partial charge in [-0.2, -0.15) is 0 Å². The van der Waals surface area contributed by atoms with Crippen molar-refractivity contribution in [3.8, 4) is 5.75 Å². The number of halogens is 1. The fraction of sp³-hybridized carbons (Fsp3) is 0.533. The maximum atomic E-state index is 12.0. The molecule has 0 aromatic heterocycles. The Balaban J connectivity index is 2.56. The number of rotatable bonds is 7. The lowest BCUT2D eigenvalue weighted by atomic mass is 10.1. The van der Waals surface area contributed by atoms with E-state index in [2.05, 4.69) is 29.8 Å². The number of methoxy groups -OCH3 is 1. The summed E-state index contributed by atoms with van der Waals surface area (Å²) in [5.74, 6) is 1.27. The van der Waals surface area contributed by atoms with Crippen LogP contribution in [0.1, 0.15) is 37.6 Å². The molecule has 0 heterocycles. The lowest BCUT2D eigenvalue weighted by Gasteiger charge is -2.14. The molecular weight excluding hydrogens is 308 g/mol. The monoisotopic (exact) mass is 328 g/mol. The molecule has 0 saturated heterocycles. The van der Waals surface area contributed by atoms with Crippen LogP contribution in [0.15, 0.2) is 22.7 Å². The molecule has 4 heteroatoms. The van der Waals surface area contributed by atoms with Gasteiger partial charge in [-0.25, -0.2) is 0 Å². The van der Waals surface area contributed by atoms with E-state index in [1.54, 1.807) is 25.3 Å². The zero-order valence-corrected chi connectivity index (χ0v) is 13.5. The molecule has 19 heavy (non-hydrogen) atoms. The fourth-order valence-corrected chi connectivity index (χ4v) is 2.41.